The van der Waals surface area contributed by atoms with Crippen LogP contribution in [0.25, 0.3) is 0 Å². The van der Waals surface area contributed by atoms with E-state index in [1.165, 1.54) is 24.0 Å². The quantitative estimate of drug-likeness (QED) is 0.715. The zero-order valence-corrected chi connectivity index (χ0v) is 13.4. The molecule has 1 aliphatic carbocycles. The third-order valence-electron chi connectivity index (χ3n) is 3.63. The topological polar surface area (TPSA) is 50.4 Å². The summed E-state index contributed by atoms with van der Waals surface area (Å²) >= 11 is 0. The number of ether oxygens (including phenoxy) is 1. The standard InChI is InChI=1S/C16H24N2O2.ClH/c1-20-10-9-17-7-8-18-16(19)12-13-5-6-14-3-2-4-15(14)11-13;/h5-6,11,17H,2-4,7-10,12H2,1H3,(H,18,19);1H. The summed E-state index contributed by atoms with van der Waals surface area (Å²) in [6.45, 7) is 2.95. The molecule has 5 heteroatoms. The molecule has 118 valence electrons. The Balaban J connectivity index is 0.00000220. The van der Waals surface area contributed by atoms with Crippen molar-refractivity contribution < 1.29 is 9.53 Å². The molecule has 0 aromatic heterocycles. The number of benzene rings is 1. The average Bonchev–Trinajstić information content (AvgIpc) is 2.90. The molecule has 0 unspecified atom stereocenters. The minimum Gasteiger partial charge on any atom is -0.383 e. The number of methoxy groups -OCH3 is 1. The van der Waals surface area contributed by atoms with Crippen LogP contribution >= 0.6 is 12.4 Å². The van der Waals surface area contributed by atoms with Gasteiger partial charge in [0.1, 0.15) is 0 Å². The first-order valence-corrected chi connectivity index (χ1v) is 7.36. The van der Waals surface area contributed by atoms with E-state index in [-0.39, 0.29) is 18.3 Å². The van der Waals surface area contributed by atoms with Crippen LogP contribution in [0, 0.1) is 0 Å². The lowest BCUT2D eigenvalue weighted by Gasteiger charge is -2.08. The number of hydrogen-bond acceptors (Lipinski definition) is 3. The van der Waals surface area contributed by atoms with Crippen molar-refractivity contribution in [3.8, 4) is 0 Å². The van der Waals surface area contributed by atoms with E-state index >= 15 is 0 Å². The molecule has 1 aliphatic rings. The van der Waals surface area contributed by atoms with E-state index in [1.54, 1.807) is 7.11 Å². The predicted octanol–water partition coefficient (Wildman–Crippen LogP) is 1.49. The summed E-state index contributed by atoms with van der Waals surface area (Å²) in [6, 6.07) is 6.45. The lowest BCUT2D eigenvalue weighted by atomic mass is 10.0. The fourth-order valence-corrected chi connectivity index (χ4v) is 2.57. The smallest absolute Gasteiger partial charge is 0.224 e. The first kappa shape index (κ1) is 18.0. The van der Waals surface area contributed by atoms with Crippen molar-refractivity contribution in [2.75, 3.05) is 33.4 Å². The monoisotopic (exact) mass is 312 g/mol. The molecule has 2 rings (SSSR count). The number of halogens is 1. The van der Waals surface area contributed by atoms with Gasteiger partial charge in [-0.2, -0.15) is 0 Å². The normalized spacial score (nSPS) is 12.6. The first-order chi connectivity index (χ1) is 9.79. The molecule has 1 aromatic carbocycles. The summed E-state index contributed by atoms with van der Waals surface area (Å²) in [5, 5.41) is 6.13. The van der Waals surface area contributed by atoms with Crippen LogP contribution in [0.5, 0.6) is 0 Å². The van der Waals surface area contributed by atoms with E-state index in [1.807, 2.05) is 0 Å². The van der Waals surface area contributed by atoms with E-state index in [9.17, 15) is 4.79 Å². The highest BCUT2D eigenvalue weighted by molar-refractivity contribution is 5.85. The highest BCUT2D eigenvalue weighted by atomic mass is 35.5. The summed E-state index contributed by atoms with van der Waals surface area (Å²) in [4.78, 5) is 11.8. The van der Waals surface area contributed by atoms with Crippen molar-refractivity contribution in [3.63, 3.8) is 0 Å². The lowest BCUT2D eigenvalue weighted by Crippen LogP contribution is -2.33. The highest BCUT2D eigenvalue weighted by Crippen LogP contribution is 2.22. The largest absolute Gasteiger partial charge is 0.383 e. The zero-order chi connectivity index (χ0) is 14.2. The van der Waals surface area contributed by atoms with Gasteiger partial charge in [-0.1, -0.05) is 18.2 Å². The van der Waals surface area contributed by atoms with Crippen LogP contribution in [-0.4, -0.2) is 39.3 Å². The molecule has 0 radical (unpaired) electrons. The molecule has 0 atom stereocenters. The number of aryl methyl sites for hydroxylation is 2. The lowest BCUT2D eigenvalue weighted by molar-refractivity contribution is -0.120. The fraction of sp³-hybridized carbons (Fsp3) is 0.562. The number of nitrogens with one attached hydrogen (secondary N) is 2. The van der Waals surface area contributed by atoms with Gasteiger partial charge in [0, 0.05) is 26.7 Å². The van der Waals surface area contributed by atoms with Gasteiger partial charge < -0.3 is 15.4 Å². The van der Waals surface area contributed by atoms with Crippen molar-refractivity contribution >= 4 is 18.3 Å². The van der Waals surface area contributed by atoms with E-state index in [0.29, 0.717) is 19.6 Å². The molecule has 0 heterocycles. The van der Waals surface area contributed by atoms with Gasteiger partial charge >= 0.3 is 0 Å². The molecule has 0 saturated heterocycles. The van der Waals surface area contributed by atoms with Crippen LogP contribution in [0.1, 0.15) is 23.1 Å². The number of carbonyl (C=O) groups excluding carboxylic acids is 1. The molecule has 2 N–H and O–H groups in total. The van der Waals surface area contributed by atoms with Crippen molar-refractivity contribution in [1.82, 2.24) is 10.6 Å². The maximum atomic E-state index is 11.8. The van der Waals surface area contributed by atoms with Gasteiger partial charge in [0.2, 0.25) is 5.91 Å². The predicted molar refractivity (Wildman–Crippen MR) is 87.2 cm³/mol. The molecule has 0 spiro atoms. The third kappa shape index (κ3) is 6.04. The second-order valence-electron chi connectivity index (χ2n) is 5.23. The minimum atomic E-state index is 0. The number of hydrogen-bond donors (Lipinski definition) is 2. The summed E-state index contributed by atoms with van der Waals surface area (Å²) < 4.78 is 4.94. The molecule has 21 heavy (non-hydrogen) atoms. The second kappa shape index (κ2) is 9.77. The summed E-state index contributed by atoms with van der Waals surface area (Å²) in [5.74, 6) is 0.0940. The van der Waals surface area contributed by atoms with Gasteiger partial charge in [-0.15, -0.1) is 12.4 Å². The number of carbonyl (C=O) groups is 1. The van der Waals surface area contributed by atoms with Crippen LogP contribution in [0.4, 0.5) is 0 Å². The van der Waals surface area contributed by atoms with Crippen LogP contribution < -0.4 is 10.6 Å². The van der Waals surface area contributed by atoms with Crippen LogP contribution in [-0.2, 0) is 28.8 Å². The number of rotatable bonds is 8. The van der Waals surface area contributed by atoms with Crippen molar-refractivity contribution in [2.24, 2.45) is 0 Å². The van der Waals surface area contributed by atoms with Gasteiger partial charge in [-0.25, -0.2) is 0 Å². The first-order valence-electron chi connectivity index (χ1n) is 7.36. The van der Waals surface area contributed by atoms with E-state index in [4.69, 9.17) is 4.74 Å². The Morgan fingerprint density at radius 2 is 2.00 bits per heavy atom. The average molecular weight is 313 g/mol. The molecule has 0 bridgehead atoms. The third-order valence-corrected chi connectivity index (χ3v) is 3.63. The van der Waals surface area contributed by atoms with Crippen LogP contribution in [0.3, 0.4) is 0 Å². The summed E-state index contributed by atoms with van der Waals surface area (Å²) in [5.41, 5.74) is 4.00. The fourth-order valence-electron chi connectivity index (χ4n) is 2.57. The Hall–Kier alpha value is -1.10. The molecule has 0 aliphatic heterocycles. The Kier molecular flexibility index (Phi) is 8.35. The highest BCUT2D eigenvalue weighted by Gasteiger charge is 2.11. The molecule has 1 amide bonds. The van der Waals surface area contributed by atoms with E-state index in [0.717, 1.165) is 25.1 Å². The Labute approximate surface area is 133 Å². The molecular formula is C16H25ClN2O2. The van der Waals surface area contributed by atoms with Crippen molar-refractivity contribution in [2.45, 2.75) is 25.7 Å². The van der Waals surface area contributed by atoms with Gasteiger partial charge in [0.15, 0.2) is 0 Å². The van der Waals surface area contributed by atoms with Gasteiger partial charge in [-0.05, 0) is 36.0 Å². The van der Waals surface area contributed by atoms with Gasteiger partial charge in [0.25, 0.3) is 0 Å². The molecular weight excluding hydrogens is 288 g/mol. The van der Waals surface area contributed by atoms with E-state index in [2.05, 4.69) is 28.8 Å². The Bertz CT molecular complexity index is 452. The number of amides is 1. The summed E-state index contributed by atoms with van der Waals surface area (Å²) in [6.07, 6.45) is 4.08. The van der Waals surface area contributed by atoms with Gasteiger partial charge in [-0.3, -0.25) is 4.79 Å². The molecule has 1 aromatic rings. The molecule has 4 nitrogen and oxygen atoms in total. The zero-order valence-electron chi connectivity index (χ0n) is 12.6. The van der Waals surface area contributed by atoms with Crippen LogP contribution in [0.15, 0.2) is 18.2 Å². The molecule has 0 fully saturated rings. The maximum Gasteiger partial charge on any atom is 0.224 e. The van der Waals surface area contributed by atoms with Gasteiger partial charge in [0.05, 0.1) is 13.0 Å². The Morgan fingerprint density at radius 3 is 2.81 bits per heavy atom. The second-order valence-corrected chi connectivity index (χ2v) is 5.23. The maximum absolute atomic E-state index is 11.8. The van der Waals surface area contributed by atoms with Crippen LogP contribution in [0.2, 0.25) is 0 Å². The van der Waals surface area contributed by atoms with Crippen molar-refractivity contribution in [1.29, 1.82) is 0 Å². The van der Waals surface area contributed by atoms with E-state index < -0.39 is 0 Å². The minimum absolute atomic E-state index is 0. The summed E-state index contributed by atoms with van der Waals surface area (Å²) in [7, 11) is 1.68. The SMILES string of the molecule is COCCNCCNC(=O)Cc1ccc2c(c1)CCC2.Cl. The van der Waals surface area contributed by atoms with Crippen molar-refractivity contribution in [3.05, 3.63) is 34.9 Å². The number of fused-ring (bicyclic) bond motifs is 1. The molecule has 0 saturated carbocycles. The Morgan fingerprint density at radius 1 is 1.19 bits per heavy atom.